The summed E-state index contributed by atoms with van der Waals surface area (Å²) in [7, 11) is -3.68. The molecule has 1 heterocycles. The minimum atomic E-state index is -3.68. The highest BCUT2D eigenvalue weighted by atomic mass is 35.5. The lowest BCUT2D eigenvalue weighted by atomic mass is 10.0. The molecule has 2 N–H and O–H groups in total. The molecule has 1 aromatic heterocycles. The van der Waals surface area contributed by atoms with Crippen molar-refractivity contribution in [3.63, 3.8) is 0 Å². The molecule has 0 aliphatic carbocycles. The Morgan fingerprint density at radius 2 is 2.00 bits per heavy atom. The van der Waals surface area contributed by atoms with Gasteiger partial charge in [0.1, 0.15) is 0 Å². The van der Waals surface area contributed by atoms with Gasteiger partial charge in [-0.25, -0.2) is 13.1 Å². The third-order valence-corrected chi connectivity index (χ3v) is 6.23. The van der Waals surface area contributed by atoms with Gasteiger partial charge in [0.25, 0.3) is 0 Å². The molecular formula is C17H21ClN2O3S2. The summed E-state index contributed by atoms with van der Waals surface area (Å²) in [6, 6.07) is 9.85. The predicted molar refractivity (Wildman–Crippen MR) is 101 cm³/mol. The van der Waals surface area contributed by atoms with Crippen LogP contribution in [0.1, 0.15) is 31.2 Å². The van der Waals surface area contributed by atoms with Gasteiger partial charge in [-0.3, -0.25) is 4.79 Å². The molecule has 0 fully saturated rings. The smallest absolute Gasteiger partial charge is 0.240 e. The fourth-order valence-corrected chi connectivity index (χ4v) is 4.58. The van der Waals surface area contributed by atoms with Crippen LogP contribution in [0.25, 0.3) is 0 Å². The van der Waals surface area contributed by atoms with Crippen molar-refractivity contribution in [3.8, 4) is 0 Å². The molecular weight excluding hydrogens is 380 g/mol. The van der Waals surface area contributed by atoms with Crippen LogP contribution in [0.15, 0.2) is 46.7 Å². The molecule has 0 aliphatic rings. The number of carbonyl (C=O) groups excluding carboxylic acids is 1. The van der Waals surface area contributed by atoms with Crippen molar-refractivity contribution in [2.75, 3.05) is 6.54 Å². The Hall–Kier alpha value is -1.41. The standard InChI is InChI=1S/C17H21ClN2O3S2/c1-12(2)17(15-7-4-10-24-15)20-16(21)8-9-19-25(22,23)14-6-3-5-13(18)11-14/h3-7,10-12,17,19H,8-9H2,1-2H3,(H,20,21). The summed E-state index contributed by atoms with van der Waals surface area (Å²) < 4.78 is 26.8. The van der Waals surface area contributed by atoms with Crippen molar-refractivity contribution >= 4 is 38.9 Å². The van der Waals surface area contributed by atoms with Crippen LogP contribution in [0.5, 0.6) is 0 Å². The molecule has 0 radical (unpaired) electrons. The zero-order chi connectivity index (χ0) is 18.4. The molecule has 0 bridgehead atoms. The molecule has 1 aromatic carbocycles. The summed E-state index contributed by atoms with van der Waals surface area (Å²) in [6.45, 7) is 4.09. The summed E-state index contributed by atoms with van der Waals surface area (Å²) in [5, 5.41) is 5.28. The normalized spacial score (nSPS) is 13.0. The highest BCUT2D eigenvalue weighted by molar-refractivity contribution is 7.89. The maximum atomic E-state index is 12.2. The molecule has 2 aromatic rings. The second-order valence-electron chi connectivity index (χ2n) is 5.91. The first-order valence-corrected chi connectivity index (χ1v) is 10.6. The second-order valence-corrected chi connectivity index (χ2v) is 9.09. The van der Waals surface area contributed by atoms with Gasteiger partial charge < -0.3 is 5.32 Å². The lowest BCUT2D eigenvalue weighted by molar-refractivity contribution is -0.122. The minimum absolute atomic E-state index is 0.0237. The number of thiophene rings is 1. The first-order valence-electron chi connectivity index (χ1n) is 7.87. The Bertz CT molecular complexity index is 805. The maximum Gasteiger partial charge on any atom is 0.240 e. The van der Waals surface area contributed by atoms with Crippen LogP contribution in [0, 0.1) is 5.92 Å². The van der Waals surface area contributed by atoms with Crippen molar-refractivity contribution in [2.24, 2.45) is 5.92 Å². The molecule has 2 rings (SSSR count). The average molecular weight is 401 g/mol. The first kappa shape index (κ1) is 19.9. The van der Waals surface area contributed by atoms with E-state index in [-0.39, 0.29) is 35.7 Å². The number of hydrogen-bond acceptors (Lipinski definition) is 4. The van der Waals surface area contributed by atoms with E-state index in [1.165, 1.54) is 12.1 Å². The van der Waals surface area contributed by atoms with E-state index in [1.807, 2.05) is 31.4 Å². The topological polar surface area (TPSA) is 75.3 Å². The zero-order valence-corrected chi connectivity index (χ0v) is 16.4. The van der Waals surface area contributed by atoms with E-state index in [1.54, 1.807) is 23.5 Å². The largest absolute Gasteiger partial charge is 0.348 e. The van der Waals surface area contributed by atoms with Gasteiger partial charge in [-0.2, -0.15) is 0 Å². The molecule has 1 amide bonds. The van der Waals surface area contributed by atoms with E-state index >= 15 is 0 Å². The predicted octanol–water partition coefficient (Wildman–Crippen LogP) is 3.58. The summed E-state index contributed by atoms with van der Waals surface area (Å²) in [5.74, 6) is 0.0478. The van der Waals surface area contributed by atoms with E-state index in [2.05, 4.69) is 10.0 Å². The van der Waals surface area contributed by atoms with E-state index in [0.717, 1.165) is 4.88 Å². The molecule has 25 heavy (non-hydrogen) atoms. The third-order valence-electron chi connectivity index (χ3n) is 3.58. The second kappa shape index (κ2) is 8.80. The van der Waals surface area contributed by atoms with Crippen molar-refractivity contribution in [2.45, 2.75) is 31.2 Å². The van der Waals surface area contributed by atoms with E-state index in [9.17, 15) is 13.2 Å². The number of halogens is 1. The van der Waals surface area contributed by atoms with Crippen LogP contribution in [-0.4, -0.2) is 20.9 Å². The molecule has 0 aliphatic heterocycles. The number of carbonyl (C=O) groups is 1. The van der Waals surface area contributed by atoms with Crippen molar-refractivity contribution in [3.05, 3.63) is 51.7 Å². The Morgan fingerprint density at radius 1 is 1.24 bits per heavy atom. The fourth-order valence-electron chi connectivity index (χ4n) is 2.30. The molecule has 1 unspecified atom stereocenters. The van der Waals surface area contributed by atoms with Crippen LogP contribution in [0.4, 0.5) is 0 Å². The number of rotatable bonds is 8. The molecule has 0 spiro atoms. The number of sulfonamides is 1. The summed E-state index contributed by atoms with van der Waals surface area (Å²) in [6.07, 6.45) is 0.0639. The molecule has 136 valence electrons. The quantitative estimate of drug-likeness (QED) is 0.711. The summed E-state index contributed by atoms with van der Waals surface area (Å²) >= 11 is 7.41. The molecule has 0 saturated heterocycles. The molecule has 8 heteroatoms. The highest BCUT2D eigenvalue weighted by Gasteiger charge is 2.20. The Morgan fingerprint density at radius 3 is 2.60 bits per heavy atom. The maximum absolute atomic E-state index is 12.2. The van der Waals surface area contributed by atoms with Gasteiger partial charge in [0.05, 0.1) is 10.9 Å². The number of benzene rings is 1. The van der Waals surface area contributed by atoms with Crippen molar-refractivity contribution in [1.82, 2.24) is 10.0 Å². The average Bonchev–Trinajstić information content (AvgIpc) is 3.06. The Kier molecular flexibility index (Phi) is 7.01. The Balaban J connectivity index is 1.89. The minimum Gasteiger partial charge on any atom is -0.348 e. The van der Waals surface area contributed by atoms with Gasteiger partial charge in [-0.1, -0.05) is 37.6 Å². The highest BCUT2D eigenvalue weighted by Crippen LogP contribution is 2.25. The third kappa shape index (κ3) is 5.81. The number of nitrogens with one attached hydrogen (secondary N) is 2. The Labute approximate surface area is 157 Å². The zero-order valence-electron chi connectivity index (χ0n) is 14.0. The van der Waals surface area contributed by atoms with E-state index in [0.29, 0.717) is 5.02 Å². The van der Waals surface area contributed by atoms with E-state index in [4.69, 9.17) is 11.6 Å². The van der Waals surface area contributed by atoms with Crippen LogP contribution >= 0.6 is 22.9 Å². The monoisotopic (exact) mass is 400 g/mol. The van der Waals surface area contributed by atoms with Gasteiger partial charge in [-0.15, -0.1) is 11.3 Å². The summed E-state index contributed by atoms with van der Waals surface area (Å²) in [5.41, 5.74) is 0. The van der Waals surface area contributed by atoms with E-state index < -0.39 is 10.0 Å². The van der Waals surface area contributed by atoms with Crippen molar-refractivity contribution < 1.29 is 13.2 Å². The SMILES string of the molecule is CC(C)C(NC(=O)CCNS(=O)(=O)c1cccc(Cl)c1)c1cccs1. The lowest BCUT2D eigenvalue weighted by Crippen LogP contribution is -2.34. The molecule has 1 atom stereocenters. The van der Waals surface area contributed by atoms with Crippen molar-refractivity contribution in [1.29, 1.82) is 0 Å². The van der Waals surface area contributed by atoms with Crippen LogP contribution in [0.3, 0.4) is 0 Å². The molecule has 5 nitrogen and oxygen atoms in total. The first-order chi connectivity index (χ1) is 11.8. The molecule has 0 saturated carbocycles. The summed E-state index contributed by atoms with van der Waals surface area (Å²) in [4.78, 5) is 13.3. The van der Waals surface area contributed by atoms with Crippen LogP contribution in [0.2, 0.25) is 5.02 Å². The van der Waals surface area contributed by atoms with Gasteiger partial charge in [0, 0.05) is 22.9 Å². The van der Waals surface area contributed by atoms with Gasteiger partial charge in [0.2, 0.25) is 15.9 Å². The van der Waals surface area contributed by atoms with Gasteiger partial charge in [-0.05, 0) is 35.6 Å². The van der Waals surface area contributed by atoms with Gasteiger partial charge in [0.15, 0.2) is 0 Å². The lowest BCUT2D eigenvalue weighted by Gasteiger charge is -2.21. The van der Waals surface area contributed by atoms with Gasteiger partial charge >= 0.3 is 0 Å². The number of hydrogen-bond donors (Lipinski definition) is 2. The number of amides is 1. The van der Waals surface area contributed by atoms with Crippen LogP contribution in [-0.2, 0) is 14.8 Å². The fraction of sp³-hybridized carbons (Fsp3) is 0.353. The van der Waals surface area contributed by atoms with Crippen LogP contribution < -0.4 is 10.0 Å².